The number of aromatic nitrogens is 1. The zero-order chi connectivity index (χ0) is 14.8. The van der Waals surface area contributed by atoms with Gasteiger partial charge in [-0.05, 0) is 31.4 Å². The summed E-state index contributed by atoms with van der Waals surface area (Å²) in [6.07, 6.45) is -2.42. The summed E-state index contributed by atoms with van der Waals surface area (Å²) in [7, 11) is 0. The quantitative estimate of drug-likeness (QED) is 0.669. The van der Waals surface area contributed by atoms with Gasteiger partial charge in [0.15, 0.2) is 0 Å². The summed E-state index contributed by atoms with van der Waals surface area (Å²) in [4.78, 5) is 15.3. The SMILES string of the molecule is O=C(Nc1ccc(F)nc1)C1CCCC(C(F)(F)F)C1. The minimum absolute atomic E-state index is 0.0748. The number of amides is 1. The van der Waals surface area contributed by atoms with Crippen LogP contribution in [0.2, 0.25) is 0 Å². The lowest BCUT2D eigenvalue weighted by molar-refractivity contribution is -0.185. The summed E-state index contributed by atoms with van der Waals surface area (Å²) < 4.78 is 50.6. The van der Waals surface area contributed by atoms with E-state index >= 15 is 0 Å². The number of halogens is 4. The summed E-state index contributed by atoms with van der Waals surface area (Å²) >= 11 is 0. The molecule has 0 aliphatic heterocycles. The third-order valence-corrected chi connectivity index (χ3v) is 3.50. The summed E-state index contributed by atoms with van der Waals surface area (Å²) in [5.74, 6) is -3.23. The van der Waals surface area contributed by atoms with E-state index < -0.39 is 29.9 Å². The van der Waals surface area contributed by atoms with Crippen LogP contribution in [-0.4, -0.2) is 17.1 Å². The fourth-order valence-electron chi connectivity index (χ4n) is 2.42. The molecule has 1 saturated carbocycles. The Morgan fingerprint density at radius 1 is 1.30 bits per heavy atom. The number of rotatable bonds is 2. The minimum Gasteiger partial charge on any atom is -0.324 e. The third kappa shape index (κ3) is 3.68. The first-order chi connectivity index (χ1) is 9.36. The van der Waals surface area contributed by atoms with Gasteiger partial charge in [0.1, 0.15) is 0 Å². The van der Waals surface area contributed by atoms with Crippen molar-refractivity contribution in [1.29, 1.82) is 0 Å². The van der Waals surface area contributed by atoms with E-state index in [1.54, 1.807) is 0 Å². The van der Waals surface area contributed by atoms with Crippen molar-refractivity contribution in [3.05, 3.63) is 24.3 Å². The van der Waals surface area contributed by atoms with Gasteiger partial charge in [-0.25, -0.2) is 4.98 Å². The minimum atomic E-state index is -4.25. The molecule has 7 heteroatoms. The molecule has 1 heterocycles. The van der Waals surface area contributed by atoms with Crippen molar-refractivity contribution >= 4 is 11.6 Å². The molecule has 1 aromatic heterocycles. The molecule has 0 saturated heterocycles. The maximum atomic E-state index is 12.7. The Kier molecular flexibility index (Phi) is 4.25. The molecular weight excluding hydrogens is 276 g/mol. The number of carbonyl (C=O) groups excluding carboxylic acids is 1. The van der Waals surface area contributed by atoms with Crippen LogP contribution in [0.3, 0.4) is 0 Å². The highest BCUT2D eigenvalue weighted by Crippen LogP contribution is 2.40. The second-order valence-electron chi connectivity index (χ2n) is 4.96. The molecule has 0 aromatic carbocycles. The fourth-order valence-corrected chi connectivity index (χ4v) is 2.42. The molecule has 110 valence electrons. The van der Waals surface area contributed by atoms with Gasteiger partial charge in [0.25, 0.3) is 0 Å². The molecule has 2 atom stereocenters. The Morgan fingerprint density at radius 2 is 2.05 bits per heavy atom. The Morgan fingerprint density at radius 3 is 2.65 bits per heavy atom. The first-order valence-electron chi connectivity index (χ1n) is 6.35. The molecular formula is C13H14F4N2O. The van der Waals surface area contributed by atoms with Gasteiger partial charge < -0.3 is 5.32 Å². The standard InChI is InChI=1S/C13H14F4N2O/c14-11-5-4-10(7-18-11)19-12(20)8-2-1-3-9(6-8)13(15,16)17/h4-5,7-9H,1-3,6H2,(H,19,20). The topological polar surface area (TPSA) is 42.0 Å². The summed E-state index contributed by atoms with van der Waals surface area (Å²) in [6, 6.07) is 2.40. The molecule has 0 spiro atoms. The number of carbonyl (C=O) groups is 1. The van der Waals surface area contributed by atoms with E-state index in [-0.39, 0.29) is 18.5 Å². The van der Waals surface area contributed by atoms with Gasteiger partial charge in [-0.15, -0.1) is 0 Å². The molecule has 0 bridgehead atoms. The fraction of sp³-hybridized carbons (Fsp3) is 0.538. The largest absolute Gasteiger partial charge is 0.391 e. The summed E-state index contributed by atoms with van der Waals surface area (Å²) in [5.41, 5.74) is 0.283. The van der Waals surface area contributed by atoms with Crippen molar-refractivity contribution in [3.8, 4) is 0 Å². The maximum Gasteiger partial charge on any atom is 0.391 e. The summed E-state index contributed by atoms with van der Waals surface area (Å²) in [6.45, 7) is 0. The lowest BCUT2D eigenvalue weighted by atomic mass is 9.80. The molecule has 1 aliphatic rings. The van der Waals surface area contributed by atoms with Crippen molar-refractivity contribution in [3.63, 3.8) is 0 Å². The number of nitrogens with one attached hydrogen (secondary N) is 1. The van der Waals surface area contributed by atoms with Crippen LogP contribution in [0.4, 0.5) is 23.2 Å². The van der Waals surface area contributed by atoms with Crippen LogP contribution in [0.15, 0.2) is 18.3 Å². The average Bonchev–Trinajstić information content (AvgIpc) is 2.40. The van der Waals surface area contributed by atoms with Gasteiger partial charge in [-0.1, -0.05) is 6.42 Å². The van der Waals surface area contributed by atoms with E-state index in [9.17, 15) is 22.4 Å². The van der Waals surface area contributed by atoms with Crippen molar-refractivity contribution in [1.82, 2.24) is 4.98 Å². The van der Waals surface area contributed by atoms with E-state index in [4.69, 9.17) is 0 Å². The number of nitrogens with zero attached hydrogens (tertiary/aromatic N) is 1. The highest BCUT2D eigenvalue weighted by Gasteiger charge is 2.43. The Bertz CT molecular complexity index is 472. The zero-order valence-electron chi connectivity index (χ0n) is 10.6. The first kappa shape index (κ1) is 14.7. The monoisotopic (exact) mass is 290 g/mol. The smallest absolute Gasteiger partial charge is 0.324 e. The van der Waals surface area contributed by atoms with Crippen LogP contribution < -0.4 is 5.32 Å². The van der Waals surface area contributed by atoms with Gasteiger partial charge in [-0.3, -0.25) is 4.79 Å². The highest BCUT2D eigenvalue weighted by molar-refractivity contribution is 5.92. The molecule has 2 unspecified atom stereocenters. The number of hydrogen-bond acceptors (Lipinski definition) is 2. The van der Waals surface area contributed by atoms with E-state index in [2.05, 4.69) is 10.3 Å². The molecule has 0 radical (unpaired) electrons. The Balaban J connectivity index is 1.97. The van der Waals surface area contributed by atoms with Crippen LogP contribution in [0.25, 0.3) is 0 Å². The van der Waals surface area contributed by atoms with Crippen molar-refractivity contribution in [2.45, 2.75) is 31.9 Å². The van der Waals surface area contributed by atoms with Crippen molar-refractivity contribution in [2.24, 2.45) is 11.8 Å². The third-order valence-electron chi connectivity index (χ3n) is 3.50. The van der Waals surface area contributed by atoms with E-state index in [1.807, 2.05) is 0 Å². The molecule has 1 fully saturated rings. The molecule has 3 nitrogen and oxygen atoms in total. The average molecular weight is 290 g/mol. The first-order valence-corrected chi connectivity index (χ1v) is 6.35. The van der Waals surface area contributed by atoms with Crippen LogP contribution in [0.5, 0.6) is 0 Å². The zero-order valence-corrected chi connectivity index (χ0v) is 10.6. The van der Waals surface area contributed by atoms with Gasteiger partial charge >= 0.3 is 6.18 Å². The van der Waals surface area contributed by atoms with Crippen LogP contribution in [0, 0.1) is 17.8 Å². The van der Waals surface area contributed by atoms with Crippen LogP contribution in [-0.2, 0) is 4.79 Å². The second kappa shape index (κ2) is 5.76. The lowest BCUT2D eigenvalue weighted by Crippen LogP contribution is -2.34. The van der Waals surface area contributed by atoms with E-state index in [0.29, 0.717) is 12.8 Å². The number of anilines is 1. The van der Waals surface area contributed by atoms with Crippen molar-refractivity contribution in [2.75, 3.05) is 5.32 Å². The Hall–Kier alpha value is -1.66. The molecule has 1 N–H and O–H groups in total. The van der Waals surface area contributed by atoms with Gasteiger partial charge in [0.05, 0.1) is 17.8 Å². The van der Waals surface area contributed by atoms with Crippen LogP contribution in [0.1, 0.15) is 25.7 Å². The second-order valence-corrected chi connectivity index (χ2v) is 4.96. The lowest BCUT2D eigenvalue weighted by Gasteiger charge is -2.29. The van der Waals surface area contributed by atoms with Crippen LogP contribution >= 0.6 is 0 Å². The number of alkyl halides is 3. The normalized spacial score (nSPS) is 23.4. The predicted octanol–water partition coefficient (Wildman–Crippen LogP) is 3.53. The highest BCUT2D eigenvalue weighted by atomic mass is 19.4. The van der Waals surface area contributed by atoms with Gasteiger partial charge in [0, 0.05) is 5.92 Å². The van der Waals surface area contributed by atoms with E-state index in [1.165, 1.54) is 6.07 Å². The molecule has 1 aromatic rings. The van der Waals surface area contributed by atoms with Gasteiger partial charge in [0.2, 0.25) is 11.9 Å². The number of hydrogen-bond donors (Lipinski definition) is 1. The van der Waals surface area contributed by atoms with E-state index in [0.717, 1.165) is 12.3 Å². The number of pyridine rings is 1. The molecule has 1 amide bonds. The Labute approximate surface area is 113 Å². The maximum absolute atomic E-state index is 12.7. The van der Waals surface area contributed by atoms with Gasteiger partial charge in [-0.2, -0.15) is 17.6 Å². The summed E-state index contributed by atoms with van der Waals surface area (Å²) in [5, 5.41) is 2.48. The molecule has 2 rings (SSSR count). The van der Waals surface area contributed by atoms with Crippen molar-refractivity contribution < 1.29 is 22.4 Å². The molecule has 1 aliphatic carbocycles. The predicted molar refractivity (Wildman–Crippen MR) is 64.3 cm³/mol. The molecule has 20 heavy (non-hydrogen) atoms.